The molecule has 3 rings (SSSR count). The molecule has 1 aromatic heterocycles. The number of hydrogen-bond acceptors (Lipinski definition) is 4. The quantitative estimate of drug-likeness (QED) is 0.387. The Kier molecular flexibility index (Phi) is 4.25. The molecule has 1 saturated carbocycles. The van der Waals surface area contributed by atoms with Crippen molar-refractivity contribution in [3.8, 4) is 0 Å². The molecule has 0 spiro atoms. The van der Waals surface area contributed by atoms with E-state index in [2.05, 4.69) is 15.3 Å². The Morgan fingerprint density at radius 3 is 2.54 bits per heavy atom. The van der Waals surface area contributed by atoms with E-state index >= 15 is 0 Å². The van der Waals surface area contributed by atoms with Crippen LogP contribution in [0.1, 0.15) is 48.7 Å². The molecular formula is C17H16FN5O3. The molecule has 26 heavy (non-hydrogen) atoms. The number of nitrogens with zero attached hydrogens (tertiary/aromatic N) is 4. The molecule has 1 fully saturated rings. The summed E-state index contributed by atoms with van der Waals surface area (Å²) in [6, 6.07) is 0.0597. The van der Waals surface area contributed by atoms with Gasteiger partial charge in [0.25, 0.3) is 0 Å². The first-order chi connectivity index (χ1) is 12.3. The first kappa shape index (κ1) is 17.6. The number of amides is 1. The van der Waals surface area contributed by atoms with E-state index in [9.17, 15) is 18.8 Å². The third kappa shape index (κ3) is 2.72. The highest BCUT2D eigenvalue weighted by Gasteiger charge is 2.30. The monoisotopic (exact) mass is 357 g/mol. The highest BCUT2D eigenvalue weighted by atomic mass is 19.1. The van der Waals surface area contributed by atoms with Crippen LogP contribution < -0.4 is 10.7 Å². The van der Waals surface area contributed by atoms with Crippen LogP contribution in [0.4, 0.5) is 15.8 Å². The van der Waals surface area contributed by atoms with Gasteiger partial charge >= 0.3 is 0 Å². The molecule has 1 N–H and O–H groups in total. The Labute approximate surface area is 147 Å². The number of benzene rings is 1. The molecule has 1 aliphatic carbocycles. The number of aryl methyl sites for hydroxylation is 1. The normalized spacial score (nSPS) is 13.4. The molecule has 0 saturated heterocycles. The Balaban J connectivity index is 2.60. The molecule has 0 unspecified atom stereocenters. The summed E-state index contributed by atoms with van der Waals surface area (Å²) in [5, 5.41) is 5.63. The lowest BCUT2D eigenvalue weighted by molar-refractivity contribution is -0.114. The molecule has 0 bridgehead atoms. The van der Waals surface area contributed by atoms with Gasteiger partial charge in [0.05, 0.1) is 27.8 Å². The van der Waals surface area contributed by atoms with Gasteiger partial charge in [0, 0.05) is 24.1 Å². The minimum absolute atomic E-state index is 0.0597. The number of fused-ring (bicyclic) bond motifs is 1. The van der Waals surface area contributed by atoms with Gasteiger partial charge in [0.15, 0.2) is 11.6 Å². The fourth-order valence-electron chi connectivity index (χ4n) is 3.10. The lowest BCUT2D eigenvalue weighted by Crippen LogP contribution is -2.21. The van der Waals surface area contributed by atoms with Crippen LogP contribution in [0, 0.1) is 12.7 Å². The van der Waals surface area contributed by atoms with Crippen LogP contribution in [0.25, 0.3) is 21.3 Å². The molecule has 9 heteroatoms. The summed E-state index contributed by atoms with van der Waals surface area (Å²) in [5.74, 6) is -2.04. The van der Waals surface area contributed by atoms with Crippen LogP contribution >= 0.6 is 0 Å². The van der Waals surface area contributed by atoms with E-state index in [1.165, 1.54) is 20.0 Å². The largest absolute Gasteiger partial charge is 0.343 e. The van der Waals surface area contributed by atoms with Gasteiger partial charge in [-0.15, -0.1) is 0 Å². The van der Waals surface area contributed by atoms with E-state index < -0.39 is 22.9 Å². The molecule has 1 amide bonds. The first-order valence-corrected chi connectivity index (χ1v) is 8.02. The number of carbonyl (C=O) groups excluding carboxylic acids is 2. The van der Waals surface area contributed by atoms with E-state index in [1.807, 2.05) is 0 Å². The Morgan fingerprint density at radius 2 is 2.04 bits per heavy atom. The van der Waals surface area contributed by atoms with Crippen molar-refractivity contribution in [3.63, 3.8) is 0 Å². The molecule has 0 radical (unpaired) electrons. The number of hydrogen-bond donors (Lipinski definition) is 1. The van der Waals surface area contributed by atoms with Crippen LogP contribution in [0.15, 0.2) is 16.1 Å². The zero-order valence-corrected chi connectivity index (χ0v) is 14.5. The summed E-state index contributed by atoms with van der Waals surface area (Å²) in [4.78, 5) is 39.0. The van der Waals surface area contributed by atoms with Crippen molar-refractivity contribution < 1.29 is 14.0 Å². The first-order valence-electron chi connectivity index (χ1n) is 8.02. The smallest absolute Gasteiger partial charge is 0.221 e. The molecule has 134 valence electrons. The lowest BCUT2D eigenvalue weighted by Gasteiger charge is -2.19. The molecule has 2 aromatic rings. The third-order valence-electron chi connectivity index (χ3n) is 4.39. The van der Waals surface area contributed by atoms with Crippen LogP contribution in [0.2, 0.25) is 0 Å². The standard InChI is InChI=1S/C17H16FN5O3/c1-7-14(21-22-19)13(18)15(20-9(3)25)12-16(7)23(10-4-5-10)6-11(8(2)24)17(12)26/h6,10H,4-5H2,1-3H3,(H,20,25). The topological polar surface area (TPSA) is 117 Å². The van der Waals surface area contributed by atoms with Crippen molar-refractivity contribution in [2.75, 3.05) is 5.32 Å². The van der Waals surface area contributed by atoms with Crippen LogP contribution in [0.5, 0.6) is 0 Å². The summed E-state index contributed by atoms with van der Waals surface area (Å²) < 4.78 is 16.7. The summed E-state index contributed by atoms with van der Waals surface area (Å²) in [6.07, 6.45) is 3.16. The second-order valence-corrected chi connectivity index (χ2v) is 6.32. The number of carbonyl (C=O) groups is 2. The zero-order valence-electron chi connectivity index (χ0n) is 14.5. The Hall–Kier alpha value is -3.19. The SMILES string of the molecule is CC(=O)Nc1c(F)c(N=[N+]=[N-])c(C)c2c1c(=O)c(C(C)=O)cn2C1CC1. The second-order valence-electron chi connectivity index (χ2n) is 6.32. The van der Waals surface area contributed by atoms with Crippen molar-refractivity contribution in [1.82, 2.24) is 4.57 Å². The fourth-order valence-corrected chi connectivity index (χ4v) is 3.10. The van der Waals surface area contributed by atoms with E-state index in [1.54, 1.807) is 11.5 Å². The summed E-state index contributed by atoms with van der Waals surface area (Å²) in [6.45, 7) is 3.97. The van der Waals surface area contributed by atoms with Gasteiger partial charge in [-0.25, -0.2) is 4.39 Å². The number of halogens is 1. The highest BCUT2D eigenvalue weighted by Crippen LogP contribution is 2.42. The van der Waals surface area contributed by atoms with Gasteiger partial charge in [-0.2, -0.15) is 0 Å². The number of nitrogens with one attached hydrogen (secondary N) is 1. The summed E-state index contributed by atoms with van der Waals surface area (Å²) >= 11 is 0. The van der Waals surface area contributed by atoms with Crippen molar-refractivity contribution in [1.29, 1.82) is 0 Å². The highest BCUT2D eigenvalue weighted by molar-refractivity contribution is 6.06. The van der Waals surface area contributed by atoms with E-state index in [4.69, 9.17) is 5.53 Å². The van der Waals surface area contributed by atoms with E-state index in [-0.39, 0.29) is 33.9 Å². The summed E-state index contributed by atoms with van der Waals surface area (Å²) in [7, 11) is 0. The average Bonchev–Trinajstić information content (AvgIpc) is 3.39. The van der Waals surface area contributed by atoms with Crippen molar-refractivity contribution >= 4 is 34.0 Å². The van der Waals surface area contributed by atoms with Crippen LogP contribution in [-0.2, 0) is 4.79 Å². The maximum Gasteiger partial charge on any atom is 0.221 e. The van der Waals surface area contributed by atoms with Gasteiger partial charge in [-0.05, 0) is 37.8 Å². The lowest BCUT2D eigenvalue weighted by atomic mass is 10.0. The van der Waals surface area contributed by atoms with Gasteiger partial charge < -0.3 is 9.88 Å². The molecule has 8 nitrogen and oxygen atoms in total. The van der Waals surface area contributed by atoms with E-state index in [0.29, 0.717) is 5.52 Å². The van der Waals surface area contributed by atoms with Gasteiger partial charge in [0.1, 0.15) is 0 Å². The number of Topliss-reactive ketones (excluding diaryl/α,β-unsaturated/α-hetero) is 1. The predicted molar refractivity (Wildman–Crippen MR) is 94.3 cm³/mol. The van der Waals surface area contributed by atoms with Gasteiger partial charge in [-0.3, -0.25) is 14.4 Å². The average molecular weight is 357 g/mol. The van der Waals surface area contributed by atoms with Crippen LogP contribution in [-0.4, -0.2) is 16.3 Å². The maximum absolute atomic E-state index is 15.0. The second kappa shape index (κ2) is 6.27. The minimum Gasteiger partial charge on any atom is -0.343 e. The molecule has 0 aliphatic heterocycles. The fraction of sp³-hybridized carbons (Fsp3) is 0.353. The van der Waals surface area contributed by atoms with Gasteiger partial charge in [0.2, 0.25) is 11.3 Å². The summed E-state index contributed by atoms with van der Waals surface area (Å²) in [5.41, 5.74) is 8.01. The van der Waals surface area contributed by atoms with Gasteiger partial charge in [-0.1, -0.05) is 5.11 Å². The molecule has 1 aromatic carbocycles. The minimum atomic E-state index is -0.997. The van der Waals surface area contributed by atoms with Crippen molar-refractivity contribution in [3.05, 3.63) is 43.8 Å². The number of azide groups is 1. The Morgan fingerprint density at radius 1 is 1.38 bits per heavy atom. The zero-order chi connectivity index (χ0) is 19.2. The third-order valence-corrected chi connectivity index (χ3v) is 4.39. The molecular weight excluding hydrogens is 341 g/mol. The predicted octanol–water partition coefficient (Wildman–Crippen LogP) is 3.89. The number of anilines is 1. The van der Waals surface area contributed by atoms with Crippen molar-refractivity contribution in [2.45, 2.75) is 39.7 Å². The Bertz CT molecular complexity index is 1080. The van der Waals surface area contributed by atoms with E-state index in [0.717, 1.165) is 12.8 Å². The molecule has 1 heterocycles. The molecule has 0 atom stereocenters. The maximum atomic E-state index is 15.0. The number of pyridine rings is 1. The number of aromatic nitrogens is 1. The van der Waals surface area contributed by atoms with Crippen LogP contribution in [0.3, 0.4) is 0 Å². The molecule has 1 aliphatic rings. The van der Waals surface area contributed by atoms with Crippen molar-refractivity contribution in [2.24, 2.45) is 5.11 Å². The number of ketones is 1. The number of rotatable bonds is 4.